The number of alkyl halides is 1. The third-order valence-corrected chi connectivity index (χ3v) is 6.43. The number of aromatic nitrogens is 4. The van der Waals surface area contributed by atoms with Crippen molar-refractivity contribution in [3.05, 3.63) is 48.5 Å². The number of ether oxygens (including phenoxy) is 1. The lowest BCUT2D eigenvalue weighted by atomic mass is 9.99. The van der Waals surface area contributed by atoms with E-state index < -0.39 is 36.6 Å². The monoisotopic (exact) mass is 540 g/mol. The van der Waals surface area contributed by atoms with E-state index in [4.69, 9.17) is 15.3 Å². The second-order valence-corrected chi connectivity index (χ2v) is 8.45. The summed E-state index contributed by atoms with van der Waals surface area (Å²) in [7, 11) is 0. The van der Waals surface area contributed by atoms with Gasteiger partial charge in [-0.25, -0.2) is 20.4 Å². The number of hydrogen-bond acceptors (Lipinski definition) is 9. The third-order valence-electron chi connectivity index (χ3n) is 5.01. The van der Waals surface area contributed by atoms with Crippen LogP contribution >= 0.6 is 22.6 Å². The number of aliphatic hydroxyl groups is 2. The molecule has 0 spiro atoms. The zero-order valence-corrected chi connectivity index (χ0v) is 18.5. The molecule has 2 unspecified atom stereocenters. The standard InChI is InChI=1S/C19H21IN6O5/c1-9(27)25-31-15(11(20)10-5-3-2-4-6-10)16-13(28)14(29)19(30-16)26-8-24-12-17(21)22-7-23-18(12)26/h2-8,11,13-16,19,28-29H,1H3,(H,25,27)(H2,21,22,23)/t11?,13-,14+,15?,16-,19+/m0/s1. The van der Waals surface area contributed by atoms with Gasteiger partial charge in [0.1, 0.15) is 36.3 Å². The van der Waals surface area contributed by atoms with E-state index in [2.05, 4.69) is 43.0 Å². The van der Waals surface area contributed by atoms with Crippen LogP contribution in [-0.2, 0) is 14.4 Å². The number of nitrogens with zero attached hydrogens (tertiary/aromatic N) is 4. The number of fused-ring (bicyclic) bond motifs is 1. The highest BCUT2D eigenvalue weighted by Crippen LogP contribution is 2.39. The molecular weight excluding hydrogens is 519 g/mol. The van der Waals surface area contributed by atoms with Gasteiger partial charge in [0.2, 0.25) is 5.91 Å². The van der Waals surface area contributed by atoms with Gasteiger partial charge in [-0.2, -0.15) is 0 Å². The minimum atomic E-state index is -1.30. The van der Waals surface area contributed by atoms with Crippen LogP contribution in [0.25, 0.3) is 11.2 Å². The van der Waals surface area contributed by atoms with Gasteiger partial charge in [-0.15, -0.1) is 0 Å². The molecule has 4 rings (SSSR count). The first-order chi connectivity index (χ1) is 14.9. The maximum atomic E-state index is 11.5. The predicted octanol–water partition coefficient (Wildman–Crippen LogP) is 0.640. The normalized spacial score (nSPS) is 25.4. The summed E-state index contributed by atoms with van der Waals surface area (Å²) < 4.78 is 7.23. The van der Waals surface area contributed by atoms with Crippen LogP contribution in [0.5, 0.6) is 0 Å². The zero-order chi connectivity index (χ0) is 22.1. The van der Waals surface area contributed by atoms with E-state index in [1.807, 2.05) is 30.3 Å². The summed E-state index contributed by atoms with van der Waals surface area (Å²) in [6, 6.07) is 9.44. The molecule has 1 saturated heterocycles. The van der Waals surface area contributed by atoms with Crippen molar-refractivity contribution >= 4 is 45.5 Å². The van der Waals surface area contributed by atoms with Crippen molar-refractivity contribution in [3.63, 3.8) is 0 Å². The van der Waals surface area contributed by atoms with E-state index in [1.165, 1.54) is 24.1 Å². The number of hydroxylamine groups is 1. The van der Waals surface area contributed by atoms with E-state index in [-0.39, 0.29) is 9.74 Å². The van der Waals surface area contributed by atoms with E-state index in [1.54, 1.807) is 0 Å². The number of carbonyl (C=O) groups is 1. The van der Waals surface area contributed by atoms with Crippen LogP contribution in [0.4, 0.5) is 5.82 Å². The number of aliphatic hydroxyl groups excluding tert-OH is 2. The topological polar surface area (TPSA) is 158 Å². The minimum absolute atomic E-state index is 0.191. The predicted molar refractivity (Wildman–Crippen MR) is 118 cm³/mol. The average molecular weight is 540 g/mol. The molecule has 1 aliphatic rings. The lowest BCUT2D eigenvalue weighted by Crippen LogP contribution is -2.45. The number of nitrogens with two attached hydrogens (primary N) is 1. The summed E-state index contributed by atoms with van der Waals surface area (Å²) in [5, 5.41) is 21.6. The number of anilines is 1. The van der Waals surface area contributed by atoms with Gasteiger partial charge in [0.15, 0.2) is 17.7 Å². The minimum Gasteiger partial charge on any atom is -0.387 e. The lowest BCUT2D eigenvalue weighted by Gasteiger charge is -2.29. The highest BCUT2D eigenvalue weighted by atomic mass is 127. The smallest absolute Gasteiger partial charge is 0.240 e. The molecule has 6 atom stereocenters. The Bertz CT molecular complexity index is 1070. The fourth-order valence-corrected chi connectivity index (χ4v) is 4.49. The molecule has 1 amide bonds. The summed E-state index contributed by atoms with van der Waals surface area (Å²) in [5.41, 5.74) is 9.78. The number of halogens is 1. The number of imidazole rings is 1. The number of amides is 1. The SMILES string of the molecule is CC(=O)NOC(C(I)c1ccccc1)[C@H]1O[C@@H](n2cnc3c(N)ncnc32)[C@H](O)[C@@H]1O. The Hall–Kier alpha value is -2.39. The number of benzene rings is 1. The Morgan fingerprint density at radius 1 is 1.26 bits per heavy atom. The lowest BCUT2D eigenvalue weighted by molar-refractivity contribution is -0.155. The molecule has 1 aromatic carbocycles. The number of carbonyl (C=O) groups excluding carboxylic acids is 1. The van der Waals surface area contributed by atoms with E-state index >= 15 is 0 Å². The first-order valence-electron chi connectivity index (χ1n) is 9.44. The summed E-state index contributed by atoms with van der Waals surface area (Å²) in [5.74, 6) is -0.212. The molecular formula is C19H21IN6O5. The van der Waals surface area contributed by atoms with Crippen LogP contribution in [0.3, 0.4) is 0 Å². The fraction of sp³-hybridized carbons (Fsp3) is 0.368. The molecule has 0 saturated carbocycles. The van der Waals surface area contributed by atoms with Crippen LogP contribution in [0.1, 0.15) is 22.6 Å². The van der Waals surface area contributed by atoms with Gasteiger partial charge in [0.05, 0.1) is 10.3 Å². The molecule has 164 valence electrons. The molecule has 12 heteroatoms. The van der Waals surface area contributed by atoms with Crippen LogP contribution < -0.4 is 11.2 Å². The van der Waals surface area contributed by atoms with Crippen molar-refractivity contribution in [2.75, 3.05) is 5.73 Å². The molecule has 0 bridgehead atoms. The molecule has 1 aliphatic heterocycles. The van der Waals surface area contributed by atoms with Gasteiger partial charge < -0.3 is 20.7 Å². The van der Waals surface area contributed by atoms with Crippen molar-refractivity contribution in [2.24, 2.45) is 0 Å². The molecule has 31 heavy (non-hydrogen) atoms. The summed E-state index contributed by atoms with van der Waals surface area (Å²) in [6.07, 6.45) is -2.68. The van der Waals surface area contributed by atoms with Crippen molar-refractivity contribution in [1.82, 2.24) is 25.0 Å². The largest absolute Gasteiger partial charge is 0.387 e. The maximum absolute atomic E-state index is 11.5. The molecule has 5 N–H and O–H groups in total. The number of rotatable bonds is 6. The zero-order valence-electron chi connectivity index (χ0n) is 16.4. The number of nitrogens with one attached hydrogen (secondary N) is 1. The van der Waals surface area contributed by atoms with E-state index in [0.717, 1.165) is 5.56 Å². The van der Waals surface area contributed by atoms with Gasteiger partial charge in [-0.3, -0.25) is 14.2 Å². The molecule has 3 heterocycles. The molecule has 0 aliphatic carbocycles. The Morgan fingerprint density at radius 3 is 2.71 bits per heavy atom. The van der Waals surface area contributed by atoms with Gasteiger partial charge in [0.25, 0.3) is 0 Å². The molecule has 2 aromatic heterocycles. The van der Waals surface area contributed by atoms with Crippen molar-refractivity contribution in [1.29, 1.82) is 0 Å². The second-order valence-electron chi connectivity index (χ2n) is 7.11. The van der Waals surface area contributed by atoms with E-state index in [0.29, 0.717) is 11.2 Å². The highest BCUT2D eigenvalue weighted by molar-refractivity contribution is 14.1. The highest BCUT2D eigenvalue weighted by Gasteiger charge is 2.50. The molecule has 1 fully saturated rings. The summed E-state index contributed by atoms with van der Waals surface area (Å²) in [6.45, 7) is 1.31. The summed E-state index contributed by atoms with van der Waals surface area (Å²) in [4.78, 5) is 29.3. The molecule has 0 radical (unpaired) electrons. The Morgan fingerprint density at radius 2 is 2.00 bits per heavy atom. The fourth-order valence-electron chi connectivity index (χ4n) is 3.51. The van der Waals surface area contributed by atoms with Crippen molar-refractivity contribution in [2.45, 2.75) is 41.5 Å². The van der Waals surface area contributed by atoms with Gasteiger partial charge in [0, 0.05) is 6.92 Å². The van der Waals surface area contributed by atoms with Gasteiger partial charge in [-0.05, 0) is 5.56 Å². The van der Waals surface area contributed by atoms with Crippen LogP contribution in [0.2, 0.25) is 0 Å². The number of hydrogen-bond donors (Lipinski definition) is 4. The maximum Gasteiger partial charge on any atom is 0.240 e. The third kappa shape index (κ3) is 4.21. The van der Waals surface area contributed by atoms with Gasteiger partial charge in [-0.1, -0.05) is 52.9 Å². The first kappa shape index (κ1) is 21.8. The van der Waals surface area contributed by atoms with Crippen molar-refractivity contribution in [3.8, 4) is 0 Å². The number of nitrogen functional groups attached to an aromatic ring is 1. The average Bonchev–Trinajstić information content (AvgIpc) is 3.31. The van der Waals surface area contributed by atoms with Crippen molar-refractivity contribution < 1.29 is 24.6 Å². The Balaban J connectivity index is 1.65. The van der Waals surface area contributed by atoms with Crippen LogP contribution in [0, 0.1) is 0 Å². The Labute approximate surface area is 190 Å². The second kappa shape index (κ2) is 9.00. The van der Waals surface area contributed by atoms with Gasteiger partial charge >= 0.3 is 0 Å². The summed E-state index contributed by atoms with van der Waals surface area (Å²) >= 11 is 2.16. The van der Waals surface area contributed by atoms with Crippen LogP contribution in [-0.4, -0.2) is 60.1 Å². The molecule has 11 nitrogen and oxygen atoms in total. The van der Waals surface area contributed by atoms with E-state index in [9.17, 15) is 15.0 Å². The first-order valence-corrected chi connectivity index (χ1v) is 10.7. The van der Waals surface area contributed by atoms with Crippen LogP contribution in [0.15, 0.2) is 43.0 Å². The Kier molecular flexibility index (Phi) is 6.34. The molecule has 3 aromatic rings. The quantitative estimate of drug-likeness (QED) is 0.200.